The Bertz CT molecular complexity index is 639. The number of nitriles is 1. The van der Waals surface area contributed by atoms with E-state index in [2.05, 4.69) is 4.72 Å². The van der Waals surface area contributed by atoms with Crippen LogP contribution in [0, 0.1) is 11.3 Å². The van der Waals surface area contributed by atoms with Crippen molar-refractivity contribution in [2.24, 2.45) is 0 Å². The molecule has 21 heavy (non-hydrogen) atoms. The van der Waals surface area contributed by atoms with Crippen molar-refractivity contribution in [3.63, 3.8) is 0 Å². The second-order valence-electron chi connectivity index (χ2n) is 4.19. The molecule has 0 fully saturated rings. The van der Waals surface area contributed by atoms with E-state index in [1.54, 1.807) is 6.07 Å². The molecule has 0 spiro atoms. The summed E-state index contributed by atoms with van der Waals surface area (Å²) in [6, 6.07) is 3.81. The van der Waals surface area contributed by atoms with Crippen LogP contribution < -0.4 is 4.72 Å². The van der Waals surface area contributed by atoms with Crippen LogP contribution in [0.5, 0.6) is 0 Å². The van der Waals surface area contributed by atoms with Gasteiger partial charge in [-0.3, -0.25) is 4.72 Å². The molecule has 0 radical (unpaired) electrons. The van der Waals surface area contributed by atoms with Crippen molar-refractivity contribution in [1.29, 1.82) is 5.26 Å². The van der Waals surface area contributed by atoms with Gasteiger partial charge in [0.2, 0.25) is 10.0 Å². The minimum Gasteiger partial charge on any atom is -0.282 e. The fraction of sp³-hybridized carbons (Fsp3) is 0.417. The summed E-state index contributed by atoms with van der Waals surface area (Å²) >= 11 is 5.43. The van der Waals surface area contributed by atoms with Gasteiger partial charge >= 0.3 is 6.18 Å². The number of halogens is 4. The molecule has 1 rings (SSSR count). The average Bonchev–Trinajstić information content (AvgIpc) is 2.37. The molecular formula is C12H12ClF3N2O2S. The lowest BCUT2D eigenvalue weighted by molar-refractivity contribution is -0.137. The fourth-order valence-corrected chi connectivity index (χ4v) is 2.90. The molecule has 0 aliphatic rings. The molecule has 0 bridgehead atoms. The summed E-state index contributed by atoms with van der Waals surface area (Å²) in [5.41, 5.74) is -1.56. The first-order chi connectivity index (χ1) is 9.69. The van der Waals surface area contributed by atoms with Crippen molar-refractivity contribution >= 4 is 27.3 Å². The van der Waals surface area contributed by atoms with Gasteiger partial charge in [-0.15, -0.1) is 11.6 Å². The van der Waals surface area contributed by atoms with E-state index >= 15 is 0 Å². The summed E-state index contributed by atoms with van der Waals surface area (Å²) < 4.78 is 63.1. The van der Waals surface area contributed by atoms with E-state index < -0.39 is 21.8 Å². The lowest BCUT2D eigenvalue weighted by Crippen LogP contribution is -2.18. The maximum absolute atomic E-state index is 12.5. The van der Waals surface area contributed by atoms with Crippen molar-refractivity contribution < 1.29 is 21.6 Å². The quantitative estimate of drug-likeness (QED) is 0.637. The standard InChI is InChI=1S/C12H12ClF3N2O2S/c13-5-1-2-6-21(19,20)18-11-4-3-10(12(14,15)16)7-9(11)8-17/h3-4,7,18H,1-2,5-6H2. The molecule has 1 aromatic rings. The molecule has 1 aromatic carbocycles. The van der Waals surface area contributed by atoms with E-state index in [0.29, 0.717) is 24.8 Å². The summed E-state index contributed by atoms with van der Waals surface area (Å²) in [6.45, 7) is 0. The van der Waals surface area contributed by atoms with Crippen LogP contribution in [0.1, 0.15) is 24.0 Å². The number of alkyl halides is 4. The number of benzene rings is 1. The van der Waals surface area contributed by atoms with Crippen molar-refractivity contribution in [2.45, 2.75) is 19.0 Å². The first kappa shape index (κ1) is 17.6. The van der Waals surface area contributed by atoms with Gasteiger partial charge in [-0.25, -0.2) is 8.42 Å². The molecule has 0 aliphatic carbocycles. The Morgan fingerprint density at radius 3 is 2.48 bits per heavy atom. The highest BCUT2D eigenvalue weighted by Crippen LogP contribution is 2.31. The Labute approximate surface area is 125 Å². The fourth-order valence-electron chi connectivity index (χ4n) is 1.51. The number of unbranched alkanes of at least 4 members (excludes halogenated alkanes) is 1. The van der Waals surface area contributed by atoms with E-state index in [9.17, 15) is 21.6 Å². The normalized spacial score (nSPS) is 12.0. The Kier molecular flexibility index (Phi) is 5.87. The molecule has 0 saturated heterocycles. The highest BCUT2D eigenvalue weighted by atomic mass is 35.5. The van der Waals surface area contributed by atoms with Crippen LogP contribution in [0.2, 0.25) is 0 Å². The van der Waals surface area contributed by atoms with Gasteiger partial charge in [0.1, 0.15) is 6.07 Å². The monoisotopic (exact) mass is 340 g/mol. The summed E-state index contributed by atoms with van der Waals surface area (Å²) in [5.74, 6) is 0.102. The lowest BCUT2D eigenvalue weighted by atomic mass is 10.1. The Balaban J connectivity index is 2.97. The number of hydrogen-bond acceptors (Lipinski definition) is 3. The van der Waals surface area contributed by atoms with E-state index in [1.807, 2.05) is 0 Å². The molecular weight excluding hydrogens is 329 g/mol. The smallest absolute Gasteiger partial charge is 0.282 e. The molecule has 4 nitrogen and oxygen atoms in total. The number of nitrogens with one attached hydrogen (secondary N) is 1. The number of hydrogen-bond donors (Lipinski definition) is 1. The first-order valence-electron chi connectivity index (χ1n) is 5.87. The van der Waals surface area contributed by atoms with Gasteiger partial charge in [-0.2, -0.15) is 18.4 Å². The van der Waals surface area contributed by atoms with E-state index in [1.165, 1.54) is 0 Å². The largest absolute Gasteiger partial charge is 0.416 e. The van der Waals surface area contributed by atoms with E-state index in [0.717, 1.165) is 12.1 Å². The van der Waals surface area contributed by atoms with Gasteiger partial charge in [0.25, 0.3) is 0 Å². The molecule has 0 amide bonds. The van der Waals surface area contributed by atoms with Crippen LogP contribution in [-0.2, 0) is 16.2 Å². The zero-order valence-corrected chi connectivity index (χ0v) is 12.3. The molecule has 0 aromatic heterocycles. The van der Waals surface area contributed by atoms with Crippen LogP contribution in [0.25, 0.3) is 0 Å². The second kappa shape index (κ2) is 7.00. The SMILES string of the molecule is N#Cc1cc(C(F)(F)F)ccc1NS(=O)(=O)CCCCCl. The zero-order valence-electron chi connectivity index (χ0n) is 10.7. The third kappa shape index (κ3) is 5.44. The van der Waals surface area contributed by atoms with Gasteiger partial charge < -0.3 is 0 Å². The van der Waals surface area contributed by atoms with Gasteiger partial charge in [0.15, 0.2) is 0 Å². The molecule has 9 heteroatoms. The third-order valence-electron chi connectivity index (χ3n) is 2.53. The maximum atomic E-state index is 12.5. The molecule has 0 atom stereocenters. The topological polar surface area (TPSA) is 70.0 Å². The summed E-state index contributed by atoms with van der Waals surface area (Å²) in [4.78, 5) is 0. The third-order valence-corrected chi connectivity index (χ3v) is 4.15. The highest BCUT2D eigenvalue weighted by Gasteiger charge is 2.31. The van der Waals surface area contributed by atoms with Gasteiger partial charge in [-0.1, -0.05) is 0 Å². The maximum Gasteiger partial charge on any atom is 0.416 e. The second-order valence-corrected chi connectivity index (χ2v) is 6.41. The molecule has 0 aliphatic heterocycles. The Hall–Kier alpha value is -1.46. The molecule has 116 valence electrons. The van der Waals surface area contributed by atoms with Crippen molar-refractivity contribution in [1.82, 2.24) is 0 Å². The number of nitrogens with zero attached hydrogens (tertiary/aromatic N) is 1. The van der Waals surface area contributed by atoms with E-state index in [4.69, 9.17) is 16.9 Å². The van der Waals surface area contributed by atoms with Gasteiger partial charge in [-0.05, 0) is 31.0 Å². The van der Waals surface area contributed by atoms with Crippen molar-refractivity contribution in [2.75, 3.05) is 16.4 Å². The van der Waals surface area contributed by atoms with Crippen LogP contribution in [0.15, 0.2) is 18.2 Å². The predicted molar refractivity (Wildman–Crippen MR) is 73.5 cm³/mol. The van der Waals surface area contributed by atoms with Crippen molar-refractivity contribution in [3.05, 3.63) is 29.3 Å². The van der Waals surface area contributed by atoms with Crippen LogP contribution in [0.3, 0.4) is 0 Å². The van der Waals surface area contributed by atoms with Gasteiger partial charge in [0, 0.05) is 5.88 Å². The van der Waals surface area contributed by atoms with E-state index in [-0.39, 0.29) is 17.0 Å². The lowest BCUT2D eigenvalue weighted by Gasteiger charge is -2.12. The first-order valence-corrected chi connectivity index (χ1v) is 8.06. The minimum atomic E-state index is -4.59. The van der Waals surface area contributed by atoms with Crippen LogP contribution in [0.4, 0.5) is 18.9 Å². The number of sulfonamides is 1. The van der Waals surface area contributed by atoms with Crippen molar-refractivity contribution in [3.8, 4) is 6.07 Å². The Morgan fingerprint density at radius 1 is 1.29 bits per heavy atom. The molecule has 1 N–H and O–H groups in total. The predicted octanol–water partition coefficient (Wildman–Crippen LogP) is 3.34. The van der Waals surface area contributed by atoms with Gasteiger partial charge in [0.05, 0.1) is 22.6 Å². The minimum absolute atomic E-state index is 0.170. The average molecular weight is 341 g/mol. The number of anilines is 1. The van der Waals surface area contributed by atoms with Crippen LogP contribution in [-0.4, -0.2) is 20.1 Å². The summed E-state index contributed by atoms with van der Waals surface area (Å²) in [5, 5.41) is 8.85. The highest BCUT2D eigenvalue weighted by molar-refractivity contribution is 7.92. The molecule has 0 saturated carbocycles. The van der Waals surface area contributed by atoms with Crippen LogP contribution >= 0.6 is 11.6 Å². The Morgan fingerprint density at radius 2 is 1.95 bits per heavy atom. The molecule has 0 heterocycles. The molecule has 0 unspecified atom stereocenters. The number of rotatable bonds is 6. The summed E-state index contributed by atoms with van der Waals surface area (Å²) in [6.07, 6.45) is -3.77. The summed E-state index contributed by atoms with van der Waals surface area (Å²) in [7, 11) is -3.73. The zero-order chi connectivity index (χ0) is 16.1.